The topological polar surface area (TPSA) is 32.3 Å². The lowest BCUT2D eigenvalue weighted by Crippen LogP contribution is -2.32. The zero-order valence-electron chi connectivity index (χ0n) is 11.7. The Balaban J connectivity index is 1.66. The van der Waals surface area contributed by atoms with E-state index >= 15 is 0 Å². The third-order valence-electron chi connectivity index (χ3n) is 4.79. The maximum absolute atomic E-state index is 9.91. The molecule has 0 aromatic heterocycles. The van der Waals surface area contributed by atoms with Crippen LogP contribution in [0.2, 0.25) is 0 Å². The highest BCUT2D eigenvalue weighted by atomic mass is 16.3. The first-order valence-corrected chi connectivity index (χ1v) is 7.91. The van der Waals surface area contributed by atoms with E-state index in [9.17, 15) is 5.11 Å². The molecule has 2 aliphatic carbocycles. The minimum Gasteiger partial charge on any atom is -0.508 e. The quantitative estimate of drug-likeness (QED) is 0.838. The summed E-state index contributed by atoms with van der Waals surface area (Å²) in [4.78, 5) is 0. The smallest absolute Gasteiger partial charge is 0.119 e. The van der Waals surface area contributed by atoms with E-state index in [0.717, 1.165) is 12.8 Å². The Kier molecular flexibility index (Phi) is 4.07. The molecule has 1 aromatic carbocycles. The maximum Gasteiger partial charge on any atom is 0.119 e. The average Bonchev–Trinajstić information content (AvgIpc) is 2.77. The molecule has 0 spiro atoms. The van der Waals surface area contributed by atoms with Crippen molar-refractivity contribution in [1.29, 1.82) is 0 Å². The van der Waals surface area contributed by atoms with Crippen LogP contribution >= 0.6 is 0 Å². The fourth-order valence-corrected chi connectivity index (χ4v) is 3.72. The third kappa shape index (κ3) is 2.94. The van der Waals surface area contributed by atoms with Gasteiger partial charge in [-0.3, -0.25) is 0 Å². The molecule has 1 unspecified atom stereocenters. The number of aromatic hydroxyl groups is 1. The molecule has 0 radical (unpaired) electrons. The minimum atomic E-state index is 0.464. The Morgan fingerprint density at radius 3 is 2.47 bits per heavy atom. The van der Waals surface area contributed by atoms with Crippen LogP contribution in [-0.2, 0) is 6.42 Å². The van der Waals surface area contributed by atoms with Crippen molar-refractivity contribution < 1.29 is 5.11 Å². The summed E-state index contributed by atoms with van der Waals surface area (Å²) in [5.74, 6) is 0.486. The van der Waals surface area contributed by atoms with Crippen molar-refractivity contribution in [2.75, 3.05) is 0 Å². The van der Waals surface area contributed by atoms with Crippen LogP contribution in [0.5, 0.6) is 5.75 Å². The van der Waals surface area contributed by atoms with Gasteiger partial charge in [0.1, 0.15) is 5.75 Å². The number of nitrogens with one attached hydrogen (secondary N) is 1. The first-order valence-electron chi connectivity index (χ1n) is 7.91. The molecule has 1 atom stereocenters. The Labute approximate surface area is 116 Å². The molecule has 2 nitrogen and oxygen atoms in total. The van der Waals surface area contributed by atoms with Gasteiger partial charge in [-0.25, -0.2) is 0 Å². The lowest BCUT2D eigenvalue weighted by Gasteiger charge is -2.25. The molecule has 1 saturated carbocycles. The van der Waals surface area contributed by atoms with Gasteiger partial charge in [0.2, 0.25) is 0 Å². The first-order chi connectivity index (χ1) is 9.34. The number of hydrogen-bond donors (Lipinski definition) is 2. The van der Waals surface area contributed by atoms with E-state index in [1.54, 1.807) is 0 Å². The fraction of sp³-hybridized carbons (Fsp3) is 0.647. The van der Waals surface area contributed by atoms with Gasteiger partial charge in [-0.2, -0.15) is 0 Å². The number of hydrogen-bond acceptors (Lipinski definition) is 2. The Hall–Kier alpha value is -1.02. The lowest BCUT2D eigenvalue weighted by molar-refractivity contribution is 0.352. The molecule has 2 N–H and O–H groups in total. The number of benzene rings is 1. The van der Waals surface area contributed by atoms with Gasteiger partial charge in [-0.1, -0.05) is 44.2 Å². The molecule has 0 heterocycles. The molecule has 104 valence electrons. The largest absolute Gasteiger partial charge is 0.508 e. The molecule has 3 rings (SSSR count). The van der Waals surface area contributed by atoms with Crippen molar-refractivity contribution in [3.63, 3.8) is 0 Å². The number of rotatable bonds is 2. The summed E-state index contributed by atoms with van der Waals surface area (Å²) in [6.45, 7) is 0. The Morgan fingerprint density at radius 1 is 0.947 bits per heavy atom. The zero-order valence-corrected chi connectivity index (χ0v) is 11.7. The van der Waals surface area contributed by atoms with Crippen molar-refractivity contribution >= 4 is 0 Å². The van der Waals surface area contributed by atoms with Gasteiger partial charge in [0, 0.05) is 12.1 Å². The molecule has 1 aromatic rings. The van der Waals surface area contributed by atoms with E-state index < -0.39 is 0 Å². The molecule has 2 aliphatic rings. The molecule has 0 aliphatic heterocycles. The van der Waals surface area contributed by atoms with Gasteiger partial charge in [0.05, 0.1) is 0 Å². The molecule has 1 fully saturated rings. The van der Waals surface area contributed by atoms with Gasteiger partial charge in [-0.05, 0) is 42.9 Å². The Morgan fingerprint density at radius 2 is 1.68 bits per heavy atom. The molecule has 0 saturated heterocycles. The first kappa shape index (κ1) is 13.0. The monoisotopic (exact) mass is 259 g/mol. The zero-order chi connectivity index (χ0) is 13.1. The normalized spacial score (nSPS) is 24.7. The second-order valence-electron chi connectivity index (χ2n) is 6.14. The lowest BCUT2D eigenvalue weighted by atomic mass is 9.95. The number of phenolic OH excluding ortho intramolecular Hbond substituents is 1. The van der Waals surface area contributed by atoms with Gasteiger partial charge in [0.15, 0.2) is 0 Å². The second kappa shape index (κ2) is 5.96. The highest BCUT2D eigenvalue weighted by Crippen LogP contribution is 2.37. The summed E-state index contributed by atoms with van der Waals surface area (Å²) in [5.41, 5.74) is 2.51. The number of fused-ring (bicyclic) bond motifs is 1. The molecular weight excluding hydrogens is 234 g/mol. The fourth-order valence-electron chi connectivity index (χ4n) is 3.72. The second-order valence-corrected chi connectivity index (χ2v) is 6.14. The van der Waals surface area contributed by atoms with Crippen molar-refractivity contribution in [3.05, 3.63) is 29.3 Å². The SMILES string of the molecule is Oc1cccc2c1CCC2NC1CCCCCCC1. The van der Waals surface area contributed by atoms with E-state index in [4.69, 9.17) is 0 Å². The maximum atomic E-state index is 9.91. The van der Waals surface area contributed by atoms with E-state index in [2.05, 4.69) is 11.4 Å². The molecule has 2 heteroatoms. The van der Waals surface area contributed by atoms with E-state index in [1.807, 2.05) is 12.1 Å². The van der Waals surface area contributed by atoms with Crippen LogP contribution in [0.3, 0.4) is 0 Å². The van der Waals surface area contributed by atoms with Crippen LogP contribution in [0.15, 0.2) is 18.2 Å². The van der Waals surface area contributed by atoms with Gasteiger partial charge in [0.25, 0.3) is 0 Å². The van der Waals surface area contributed by atoms with Crippen molar-refractivity contribution in [2.24, 2.45) is 0 Å². The van der Waals surface area contributed by atoms with E-state index in [1.165, 1.54) is 56.1 Å². The molecule has 0 amide bonds. The van der Waals surface area contributed by atoms with E-state index in [0.29, 0.717) is 17.8 Å². The van der Waals surface area contributed by atoms with Crippen LogP contribution in [-0.4, -0.2) is 11.1 Å². The summed E-state index contributed by atoms with van der Waals surface area (Å²) in [6.07, 6.45) is 11.8. The predicted molar refractivity (Wildman–Crippen MR) is 78.4 cm³/mol. The predicted octanol–water partition coefficient (Wildman–Crippen LogP) is 4.08. The average molecular weight is 259 g/mol. The molecule has 19 heavy (non-hydrogen) atoms. The summed E-state index contributed by atoms with van der Waals surface area (Å²) >= 11 is 0. The van der Waals surface area contributed by atoms with Crippen molar-refractivity contribution in [2.45, 2.75) is 69.9 Å². The third-order valence-corrected chi connectivity index (χ3v) is 4.79. The van der Waals surface area contributed by atoms with Crippen LogP contribution in [0.25, 0.3) is 0 Å². The summed E-state index contributed by atoms with van der Waals surface area (Å²) in [5, 5.41) is 13.8. The van der Waals surface area contributed by atoms with Crippen LogP contribution in [0, 0.1) is 0 Å². The standard InChI is InChI=1S/C17H25NO/c19-17-10-6-9-14-15(17)11-12-16(14)18-13-7-4-2-1-3-5-8-13/h6,9-10,13,16,18-19H,1-5,7-8,11-12H2. The van der Waals surface area contributed by atoms with Crippen molar-refractivity contribution in [1.82, 2.24) is 5.32 Å². The summed E-state index contributed by atoms with van der Waals surface area (Å²) in [6, 6.07) is 7.12. The summed E-state index contributed by atoms with van der Waals surface area (Å²) in [7, 11) is 0. The van der Waals surface area contributed by atoms with Crippen LogP contribution < -0.4 is 5.32 Å². The van der Waals surface area contributed by atoms with Crippen LogP contribution in [0.4, 0.5) is 0 Å². The van der Waals surface area contributed by atoms with E-state index in [-0.39, 0.29) is 0 Å². The van der Waals surface area contributed by atoms with Crippen molar-refractivity contribution in [3.8, 4) is 5.75 Å². The van der Waals surface area contributed by atoms with Gasteiger partial charge >= 0.3 is 0 Å². The van der Waals surface area contributed by atoms with Gasteiger partial charge in [-0.15, -0.1) is 0 Å². The highest BCUT2D eigenvalue weighted by Gasteiger charge is 2.26. The van der Waals surface area contributed by atoms with Gasteiger partial charge < -0.3 is 10.4 Å². The summed E-state index contributed by atoms with van der Waals surface area (Å²) < 4.78 is 0. The highest BCUT2D eigenvalue weighted by molar-refractivity contribution is 5.44. The number of phenols is 1. The minimum absolute atomic E-state index is 0.464. The van der Waals surface area contributed by atoms with Crippen LogP contribution in [0.1, 0.15) is 68.5 Å². The molecular formula is C17H25NO. The Bertz CT molecular complexity index is 421. The molecule has 0 bridgehead atoms.